The number of hydrogen-bond acceptors (Lipinski definition) is 3. The number of aromatic amines is 1. The fraction of sp³-hybridized carbons (Fsp3) is 0.357. The van der Waals surface area contributed by atoms with E-state index in [0.717, 1.165) is 5.56 Å². The molecule has 0 aliphatic rings. The Morgan fingerprint density at radius 2 is 2.10 bits per heavy atom. The minimum atomic E-state index is -3.59. The zero-order valence-corrected chi connectivity index (χ0v) is 13.5. The van der Waals surface area contributed by atoms with Crippen LogP contribution in [0.3, 0.4) is 0 Å². The molecule has 0 saturated heterocycles. The van der Waals surface area contributed by atoms with Crippen molar-refractivity contribution in [1.29, 1.82) is 0 Å². The third-order valence-electron chi connectivity index (χ3n) is 3.07. The molecule has 114 valence electrons. The molecule has 1 aromatic heterocycles. The van der Waals surface area contributed by atoms with Gasteiger partial charge in [0.15, 0.2) is 5.03 Å². The van der Waals surface area contributed by atoms with Crippen LogP contribution in [0, 0.1) is 0 Å². The standard InChI is InChI=1S/C14H18ClN3O2S/c1-3-13-16-9-14(17-13)21(19,20)18-10(2)8-11-6-4-5-7-12(11)15/h4-7,9-10,18H,3,8H2,1-2H3,(H,16,17). The fourth-order valence-electron chi connectivity index (χ4n) is 2.02. The molecule has 7 heteroatoms. The minimum absolute atomic E-state index is 0.0883. The number of nitrogens with zero attached hydrogens (tertiary/aromatic N) is 1. The van der Waals surface area contributed by atoms with Gasteiger partial charge in [0.05, 0.1) is 6.20 Å². The van der Waals surface area contributed by atoms with Gasteiger partial charge in [-0.15, -0.1) is 0 Å². The number of benzene rings is 1. The maximum absolute atomic E-state index is 12.2. The van der Waals surface area contributed by atoms with Crippen molar-refractivity contribution < 1.29 is 8.42 Å². The molecule has 1 aromatic carbocycles. The van der Waals surface area contributed by atoms with Crippen LogP contribution in [-0.2, 0) is 22.9 Å². The second kappa shape index (κ2) is 6.60. The van der Waals surface area contributed by atoms with E-state index in [-0.39, 0.29) is 11.1 Å². The molecule has 0 aliphatic heterocycles. The van der Waals surface area contributed by atoms with E-state index in [0.29, 0.717) is 23.7 Å². The van der Waals surface area contributed by atoms with Crippen LogP contribution in [0.2, 0.25) is 5.02 Å². The molecule has 2 N–H and O–H groups in total. The number of hydrogen-bond donors (Lipinski definition) is 2. The van der Waals surface area contributed by atoms with Crippen molar-refractivity contribution in [1.82, 2.24) is 14.7 Å². The van der Waals surface area contributed by atoms with Crippen LogP contribution >= 0.6 is 11.6 Å². The number of aromatic nitrogens is 2. The number of nitrogens with one attached hydrogen (secondary N) is 2. The van der Waals surface area contributed by atoms with Crippen LogP contribution in [0.1, 0.15) is 25.2 Å². The Morgan fingerprint density at radius 1 is 1.38 bits per heavy atom. The summed E-state index contributed by atoms with van der Waals surface area (Å²) in [5, 5.41) is 0.726. The van der Waals surface area contributed by atoms with Gasteiger partial charge in [0, 0.05) is 17.5 Å². The van der Waals surface area contributed by atoms with Crippen molar-refractivity contribution in [2.75, 3.05) is 0 Å². The molecule has 21 heavy (non-hydrogen) atoms. The molecule has 1 heterocycles. The molecule has 2 aromatic rings. The summed E-state index contributed by atoms with van der Waals surface area (Å²) in [6.07, 6.45) is 2.52. The molecule has 0 saturated carbocycles. The first-order valence-electron chi connectivity index (χ1n) is 6.72. The summed E-state index contributed by atoms with van der Waals surface area (Å²) in [6, 6.07) is 7.13. The summed E-state index contributed by atoms with van der Waals surface area (Å²) in [5.41, 5.74) is 0.910. The number of imidazole rings is 1. The third-order valence-corrected chi connectivity index (χ3v) is 4.94. The largest absolute Gasteiger partial charge is 0.332 e. The van der Waals surface area contributed by atoms with Crippen molar-refractivity contribution in [2.24, 2.45) is 0 Å². The first-order chi connectivity index (χ1) is 9.92. The first-order valence-corrected chi connectivity index (χ1v) is 8.58. The predicted octanol–water partition coefficient (Wildman–Crippen LogP) is 2.54. The van der Waals surface area contributed by atoms with Crippen molar-refractivity contribution in [3.05, 3.63) is 46.9 Å². The van der Waals surface area contributed by atoms with Gasteiger partial charge in [-0.1, -0.05) is 36.7 Å². The lowest BCUT2D eigenvalue weighted by molar-refractivity contribution is 0.556. The van der Waals surface area contributed by atoms with Gasteiger partial charge in [-0.25, -0.2) is 18.1 Å². The smallest absolute Gasteiger partial charge is 0.257 e. The highest BCUT2D eigenvalue weighted by atomic mass is 35.5. The summed E-state index contributed by atoms with van der Waals surface area (Å²) in [7, 11) is -3.59. The lowest BCUT2D eigenvalue weighted by Crippen LogP contribution is -2.34. The lowest BCUT2D eigenvalue weighted by atomic mass is 10.1. The fourth-order valence-corrected chi connectivity index (χ4v) is 3.42. The van der Waals surface area contributed by atoms with Gasteiger partial charge in [-0.3, -0.25) is 0 Å². The van der Waals surface area contributed by atoms with Gasteiger partial charge in [0.2, 0.25) is 0 Å². The zero-order chi connectivity index (χ0) is 15.5. The van der Waals surface area contributed by atoms with Crippen LogP contribution in [0.4, 0.5) is 0 Å². The van der Waals surface area contributed by atoms with Gasteiger partial charge in [0.1, 0.15) is 5.82 Å². The van der Waals surface area contributed by atoms with Gasteiger partial charge in [-0.05, 0) is 25.0 Å². The van der Waals surface area contributed by atoms with Crippen LogP contribution < -0.4 is 4.72 Å². The summed E-state index contributed by atoms with van der Waals surface area (Å²) in [4.78, 5) is 6.81. The normalized spacial score (nSPS) is 13.3. The van der Waals surface area contributed by atoms with Crippen molar-refractivity contribution in [3.63, 3.8) is 0 Å². The van der Waals surface area contributed by atoms with E-state index in [4.69, 9.17) is 11.6 Å². The Hall–Kier alpha value is -1.37. The molecular weight excluding hydrogens is 310 g/mol. The maximum Gasteiger partial charge on any atom is 0.257 e. The molecular formula is C14H18ClN3O2S. The SMILES string of the molecule is CCc1ncc(S(=O)(=O)NC(C)Cc2ccccc2Cl)[nH]1. The van der Waals surface area contributed by atoms with Crippen LogP contribution in [0.5, 0.6) is 0 Å². The van der Waals surface area contributed by atoms with Crippen LogP contribution in [-0.4, -0.2) is 24.4 Å². The first kappa shape index (κ1) is 16.0. The Labute approximate surface area is 129 Å². The summed E-state index contributed by atoms with van der Waals surface area (Å²) in [6.45, 7) is 3.71. The zero-order valence-electron chi connectivity index (χ0n) is 11.9. The molecule has 1 unspecified atom stereocenters. The van der Waals surface area contributed by atoms with Gasteiger partial charge in [0.25, 0.3) is 10.0 Å². The van der Waals surface area contributed by atoms with Crippen LogP contribution in [0.15, 0.2) is 35.5 Å². The molecule has 2 rings (SSSR count). The highest BCUT2D eigenvalue weighted by molar-refractivity contribution is 7.89. The van der Waals surface area contributed by atoms with E-state index < -0.39 is 10.0 Å². The number of halogens is 1. The monoisotopic (exact) mass is 327 g/mol. The highest BCUT2D eigenvalue weighted by Gasteiger charge is 2.20. The van der Waals surface area contributed by atoms with Crippen molar-refractivity contribution in [3.8, 4) is 0 Å². The topological polar surface area (TPSA) is 74.8 Å². The Balaban J connectivity index is 2.08. The van der Waals surface area contributed by atoms with E-state index in [1.807, 2.05) is 25.1 Å². The van der Waals surface area contributed by atoms with E-state index in [9.17, 15) is 8.42 Å². The minimum Gasteiger partial charge on any atom is -0.332 e. The van der Waals surface area contributed by atoms with Crippen molar-refractivity contribution >= 4 is 21.6 Å². The molecule has 0 aliphatic carbocycles. The number of H-pyrrole nitrogens is 1. The van der Waals surface area contributed by atoms with Gasteiger partial charge >= 0.3 is 0 Å². The van der Waals surface area contributed by atoms with Gasteiger partial charge < -0.3 is 4.98 Å². The Bertz CT molecular complexity index is 713. The number of rotatable bonds is 6. The Kier molecular flexibility index (Phi) is 5.03. The molecule has 0 bridgehead atoms. The van der Waals surface area contributed by atoms with E-state index in [1.54, 1.807) is 13.0 Å². The molecule has 0 fully saturated rings. The number of sulfonamides is 1. The average molecular weight is 328 g/mol. The Morgan fingerprint density at radius 3 is 2.71 bits per heavy atom. The molecule has 5 nitrogen and oxygen atoms in total. The molecule has 0 spiro atoms. The second-order valence-corrected chi connectivity index (χ2v) is 6.96. The summed E-state index contributed by atoms with van der Waals surface area (Å²) >= 11 is 6.09. The average Bonchev–Trinajstić information content (AvgIpc) is 2.90. The summed E-state index contributed by atoms with van der Waals surface area (Å²) in [5.74, 6) is 0.647. The second-order valence-electron chi connectivity index (χ2n) is 4.87. The molecule has 1 atom stereocenters. The summed E-state index contributed by atoms with van der Waals surface area (Å²) < 4.78 is 27.1. The van der Waals surface area contributed by atoms with Crippen molar-refractivity contribution in [2.45, 2.75) is 37.8 Å². The van der Waals surface area contributed by atoms with Gasteiger partial charge in [-0.2, -0.15) is 0 Å². The van der Waals surface area contributed by atoms with Crippen LogP contribution in [0.25, 0.3) is 0 Å². The molecule has 0 radical (unpaired) electrons. The van der Waals surface area contributed by atoms with E-state index in [1.165, 1.54) is 6.20 Å². The highest BCUT2D eigenvalue weighted by Crippen LogP contribution is 2.17. The molecule has 0 amide bonds. The lowest BCUT2D eigenvalue weighted by Gasteiger charge is -2.14. The third kappa shape index (κ3) is 4.06. The van der Waals surface area contributed by atoms with E-state index >= 15 is 0 Å². The quantitative estimate of drug-likeness (QED) is 0.856. The predicted molar refractivity (Wildman–Crippen MR) is 82.9 cm³/mol. The number of aryl methyl sites for hydroxylation is 1. The van der Waals surface area contributed by atoms with E-state index in [2.05, 4.69) is 14.7 Å². The maximum atomic E-state index is 12.2.